The van der Waals surface area contributed by atoms with Crippen LogP contribution in [0.4, 0.5) is 5.69 Å². The minimum absolute atomic E-state index is 0.368. The second kappa shape index (κ2) is 5.56. The molecule has 1 aromatic rings. The molecule has 0 spiro atoms. The molecule has 0 saturated carbocycles. The maximum atomic E-state index is 11.0. The molecule has 0 amide bonds. The van der Waals surface area contributed by atoms with Gasteiger partial charge in [-0.05, 0) is 18.2 Å². The second-order valence-electron chi connectivity index (χ2n) is 2.81. The predicted octanol–water partition coefficient (Wildman–Crippen LogP) is 2.68. The van der Waals surface area contributed by atoms with Crippen LogP contribution >= 0.6 is 15.9 Å². The smallest absolute Gasteiger partial charge is 0.330 e. The van der Waals surface area contributed by atoms with Gasteiger partial charge in [-0.2, -0.15) is 0 Å². The minimum Gasteiger partial charge on any atom is -0.466 e. The van der Waals surface area contributed by atoms with E-state index >= 15 is 0 Å². The monoisotopic (exact) mass is 269 g/mol. The number of nitrogens with one attached hydrogen (secondary N) is 1. The summed E-state index contributed by atoms with van der Waals surface area (Å²) in [6.07, 6.45) is 3.10. The highest BCUT2D eigenvalue weighted by molar-refractivity contribution is 9.10. The number of benzene rings is 1. The summed E-state index contributed by atoms with van der Waals surface area (Å²) in [5, 5.41) is 3.04. The Hall–Kier alpha value is -1.29. The maximum Gasteiger partial charge on any atom is 0.330 e. The van der Waals surface area contributed by atoms with Crippen LogP contribution in [0.15, 0.2) is 28.7 Å². The van der Waals surface area contributed by atoms with E-state index < -0.39 is 0 Å². The van der Waals surface area contributed by atoms with Crippen molar-refractivity contribution in [3.8, 4) is 0 Å². The van der Waals surface area contributed by atoms with Crippen LogP contribution in [-0.2, 0) is 9.53 Å². The molecule has 0 unspecified atom stereocenters. The summed E-state index contributed by atoms with van der Waals surface area (Å²) in [7, 11) is 3.18. The van der Waals surface area contributed by atoms with Gasteiger partial charge in [-0.3, -0.25) is 0 Å². The molecule has 0 bridgehead atoms. The van der Waals surface area contributed by atoms with Gasteiger partial charge < -0.3 is 10.1 Å². The Morgan fingerprint density at radius 3 is 2.87 bits per heavy atom. The molecular formula is C11H12BrNO2. The van der Waals surface area contributed by atoms with Crippen LogP contribution in [0.2, 0.25) is 0 Å². The average Bonchev–Trinajstić information content (AvgIpc) is 2.26. The van der Waals surface area contributed by atoms with Gasteiger partial charge in [-0.15, -0.1) is 0 Å². The molecule has 80 valence electrons. The van der Waals surface area contributed by atoms with Gasteiger partial charge in [0, 0.05) is 28.8 Å². The quantitative estimate of drug-likeness (QED) is 0.678. The van der Waals surface area contributed by atoms with E-state index in [0.29, 0.717) is 0 Å². The number of esters is 1. The number of ether oxygens (including phenoxy) is 1. The van der Waals surface area contributed by atoms with Crippen molar-refractivity contribution in [2.75, 3.05) is 19.5 Å². The lowest BCUT2D eigenvalue weighted by atomic mass is 10.1. The van der Waals surface area contributed by atoms with Gasteiger partial charge in [-0.25, -0.2) is 4.79 Å². The van der Waals surface area contributed by atoms with Gasteiger partial charge in [0.1, 0.15) is 0 Å². The molecule has 0 aliphatic heterocycles. The zero-order valence-electron chi connectivity index (χ0n) is 8.58. The second-order valence-corrected chi connectivity index (χ2v) is 3.66. The topological polar surface area (TPSA) is 38.3 Å². The summed E-state index contributed by atoms with van der Waals surface area (Å²) >= 11 is 3.42. The maximum absolute atomic E-state index is 11.0. The van der Waals surface area contributed by atoms with Crippen LogP contribution < -0.4 is 5.32 Å². The van der Waals surface area contributed by atoms with Crippen LogP contribution in [-0.4, -0.2) is 20.1 Å². The van der Waals surface area contributed by atoms with Crippen molar-refractivity contribution in [1.82, 2.24) is 0 Å². The molecule has 4 heteroatoms. The lowest BCUT2D eigenvalue weighted by Crippen LogP contribution is -1.95. The largest absolute Gasteiger partial charge is 0.466 e. The molecule has 0 radical (unpaired) electrons. The Balaban J connectivity index is 3.02. The van der Waals surface area contributed by atoms with E-state index in [1.165, 1.54) is 13.2 Å². The molecule has 0 aromatic heterocycles. The number of carbonyl (C=O) groups excluding carboxylic acids is 1. The Morgan fingerprint density at radius 2 is 2.27 bits per heavy atom. The molecule has 1 aromatic carbocycles. The molecule has 0 heterocycles. The summed E-state index contributed by atoms with van der Waals surface area (Å²) in [4.78, 5) is 11.0. The van der Waals surface area contributed by atoms with Crippen LogP contribution in [0, 0.1) is 0 Å². The summed E-state index contributed by atoms with van der Waals surface area (Å²) in [5.41, 5.74) is 1.87. The van der Waals surface area contributed by atoms with Crippen molar-refractivity contribution in [2.24, 2.45) is 0 Å². The van der Waals surface area contributed by atoms with Crippen LogP contribution in [0.5, 0.6) is 0 Å². The van der Waals surface area contributed by atoms with Crippen LogP contribution in [0.25, 0.3) is 6.08 Å². The number of hydrogen-bond acceptors (Lipinski definition) is 3. The van der Waals surface area contributed by atoms with E-state index in [1.54, 1.807) is 6.08 Å². The molecular weight excluding hydrogens is 258 g/mol. The number of methoxy groups -OCH3 is 1. The first kappa shape index (κ1) is 11.8. The van der Waals surface area contributed by atoms with Gasteiger partial charge >= 0.3 is 5.97 Å². The number of hydrogen-bond donors (Lipinski definition) is 1. The lowest BCUT2D eigenvalue weighted by molar-refractivity contribution is -0.134. The zero-order valence-corrected chi connectivity index (χ0v) is 10.2. The van der Waals surface area contributed by atoms with Gasteiger partial charge in [-0.1, -0.05) is 22.0 Å². The fourth-order valence-electron chi connectivity index (χ4n) is 1.14. The predicted molar refractivity (Wildman–Crippen MR) is 64.7 cm³/mol. The minimum atomic E-state index is -0.368. The van der Waals surface area contributed by atoms with Gasteiger partial charge in [0.2, 0.25) is 0 Å². The Morgan fingerprint density at radius 1 is 1.53 bits per heavy atom. The average molecular weight is 270 g/mol. The van der Waals surface area contributed by atoms with Crippen molar-refractivity contribution < 1.29 is 9.53 Å². The molecule has 0 aliphatic carbocycles. The number of anilines is 1. The highest BCUT2D eigenvalue weighted by Crippen LogP contribution is 2.25. The van der Waals surface area contributed by atoms with Gasteiger partial charge in [0.05, 0.1) is 7.11 Å². The molecule has 1 rings (SSSR count). The van der Waals surface area contributed by atoms with Crippen molar-refractivity contribution in [1.29, 1.82) is 0 Å². The highest BCUT2D eigenvalue weighted by Gasteiger charge is 2.02. The van der Waals surface area contributed by atoms with Crippen molar-refractivity contribution in [2.45, 2.75) is 0 Å². The van der Waals surface area contributed by atoms with Gasteiger partial charge in [0.15, 0.2) is 0 Å². The Bertz CT molecular complexity index is 388. The molecule has 0 atom stereocenters. The Labute approximate surface area is 97.3 Å². The standard InChI is InChI=1S/C11H12BrNO2/c1-13-10-5-3-4-9(12)8(10)6-7-11(14)15-2/h3-7,13H,1-2H3/b7-6+. The van der Waals surface area contributed by atoms with Crippen molar-refractivity contribution >= 4 is 33.7 Å². The first-order valence-corrected chi connectivity index (χ1v) is 5.20. The van der Waals surface area contributed by atoms with Crippen LogP contribution in [0.3, 0.4) is 0 Å². The summed E-state index contributed by atoms with van der Waals surface area (Å²) < 4.78 is 5.45. The third-order valence-corrected chi connectivity index (χ3v) is 2.60. The number of carbonyl (C=O) groups is 1. The van der Waals surface area contributed by atoms with Crippen molar-refractivity contribution in [3.05, 3.63) is 34.3 Å². The van der Waals surface area contributed by atoms with E-state index in [2.05, 4.69) is 26.0 Å². The SMILES string of the molecule is CNc1cccc(Br)c1/C=C/C(=O)OC. The first-order valence-electron chi connectivity index (χ1n) is 4.41. The Kier molecular flexibility index (Phi) is 4.37. The molecule has 1 N–H and O–H groups in total. The number of rotatable bonds is 3. The third kappa shape index (κ3) is 3.09. The molecule has 3 nitrogen and oxygen atoms in total. The van der Waals surface area contributed by atoms with E-state index in [9.17, 15) is 4.79 Å². The first-order chi connectivity index (χ1) is 7.19. The van der Waals surface area contributed by atoms with Gasteiger partial charge in [0.25, 0.3) is 0 Å². The molecule has 0 saturated heterocycles. The van der Waals surface area contributed by atoms with E-state index in [0.717, 1.165) is 15.7 Å². The lowest BCUT2D eigenvalue weighted by Gasteiger charge is -2.06. The molecule has 0 fully saturated rings. The summed E-state index contributed by atoms with van der Waals surface area (Å²) in [6.45, 7) is 0. The zero-order chi connectivity index (χ0) is 11.3. The van der Waals surface area contributed by atoms with E-state index in [1.807, 2.05) is 25.2 Å². The molecule has 0 aliphatic rings. The number of halogens is 1. The fraction of sp³-hybridized carbons (Fsp3) is 0.182. The molecule has 15 heavy (non-hydrogen) atoms. The van der Waals surface area contributed by atoms with E-state index in [-0.39, 0.29) is 5.97 Å². The fourth-order valence-corrected chi connectivity index (χ4v) is 1.64. The summed E-state index contributed by atoms with van der Waals surface area (Å²) in [5.74, 6) is -0.368. The summed E-state index contributed by atoms with van der Waals surface area (Å²) in [6, 6.07) is 5.77. The normalized spacial score (nSPS) is 10.3. The third-order valence-electron chi connectivity index (χ3n) is 1.91. The van der Waals surface area contributed by atoms with Crippen molar-refractivity contribution in [3.63, 3.8) is 0 Å². The van der Waals surface area contributed by atoms with Crippen LogP contribution in [0.1, 0.15) is 5.56 Å². The highest BCUT2D eigenvalue weighted by atomic mass is 79.9. The van der Waals surface area contributed by atoms with E-state index in [4.69, 9.17) is 0 Å².